The van der Waals surface area contributed by atoms with Crippen LogP contribution >= 0.6 is 23.2 Å². The molecule has 0 spiro atoms. The summed E-state index contributed by atoms with van der Waals surface area (Å²) >= 11 is 12.6. The van der Waals surface area contributed by atoms with Crippen molar-refractivity contribution in [3.63, 3.8) is 0 Å². The molecule has 420 valence electrons. The molecule has 0 unspecified atom stereocenters. The maximum absolute atomic E-state index is 16.9. The monoisotopic (exact) mass is 1140 g/mol. The first-order chi connectivity index (χ1) is 38.4. The van der Waals surface area contributed by atoms with E-state index in [0.717, 1.165) is 51.4 Å². The molecule has 8 heterocycles. The lowest BCUT2D eigenvalue weighted by molar-refractivity contribution is 0.208. The fourth-order valence-electron chi connectivity index (χ4n) is 11.3. The smallest absolute Gasteiger partial charge is 0.323 e. The third-order valence-electron chi connectivity index (χ3n) is 15.5. The SMILES string of the molecule is C.CC1CCC(Cn2c([C@@](C)(F)c3ccccc3F)nc3cc(-c4noc(=O)[nH]4)nc(-c4cncc(Cl)c4)c32)CC1.CC1CCC(Cn2c([C@](C)(F)c3ccccc3F)nc3cc(-c4noc(=O)[nH]4)nc(-c4cncc(Cl)c4)c32)CC1. The molecule has 2 aliphatic carbocycles. The highest BCUT2D eigenvalue weighted by Crippen LogP contribution is 2.44. The summed E-state index contributed by atoms with van der Waals surface area (Å²) < 4.78 is 76.8. The van der Waals surface area contributed by atoms with Gasteiger partial charge in [0.05, 0.1) is 43.5 Å². The average molecular weight is 1150 g/mol. The molecule has 2 aliphatic rings. The molecule has 0 bridgehead atoms. The van der Waals surface area contributed by atoms with Crippen LogP contribution in [-0.4, -0.2) is 59.3 Å². The molecule has 2 aromatic carbocycles. The van der Waals surface area contributed by atoms with Gasteiger partial charge in [-0.15, -0.1) is 0 Å². The Morgan fingerprint density at radius 2 is 0.963 bits per heavy atom. The Balaban J connectivity index is 0.000000180. The van der Waals surface area contributed by atoms with E-state index in [1.807, 2.05) is 9.13 Å². The maximum atomic E-state index is 16.9. The van der Waals surface area contributed by atoms with Crippen molar-refractivity contribution >= 4 is 45.3 Å². The predicted molar refractivity (Wildman–Crippen MR) is 301 cm³/mol. The molecule has 0 amide bonds. The van der Waals surface area contributed by atoms with Crippen LogP contribution in [0.4, 0.5) is 17.6 Å². The van der Waals surface area contributed by atoms with Crippen molar-refractivity contribution in [3.05, 3.63) is 163 Å². The first-order valence-corrected chi connectivity index (χ1v) is 27.2. The average Bonchev–Trinajstić information content (AvgIpc) is 4.46. The molecule has 2 N–H and O–H groups in total. The standard InChI is InChI=1S/2C29H27ClF2N6O2.CH4/c2*1-16-7-9-17(10-8-16)15-38-25-22(35-27(38)29(2,32)20-5-3-4-6-21(20)31)12-23(26-36-28(39)40-37-26)34-24(25)18-11-19(30)14-33-13-18;/h2*3-6,11-14,16-17H,7-10,15H2,1-2H3,(H,36,37,39);1H4/t2*16?,17?,29-;/m10./s1. The van der Waals surface area contributed by atoms with Gasteiger partial charge in [-0.05, 0) is 99.6 Å². The van der Waals surface area contributed by atoms with Crippen molar-refractivity contribution in [2.24, 2.45) is 23.7 Å². The van der Waals surface area contributed by atoms with E-state index >= 15 is 8.78 Å². The summed E-state index contributed by atoms with van der Waals surface area (Å²) in [5, 5.41) is 8.34. The first kappa shape index (κ1) is 56.4. The van der Waals surface area contributed by atoms with Crippen molar-refractivity contribution in [1.29, 1.82) is 0 Å². The zero-order chi connectivity index (χ0) is 56.0. The summed E-state index contributed by atoms with van der Waals surface area (Å²) in [7, 11) is 0. The maximum Gasteiger partial charge on any atom is 0.439 e. The fraction of sp³-hybridized carbons (Fsp3) is 0.356. The number of halogens is 6. The van der Waals surface area contributed by atoms with Crippen LogP contribution in [0.1, 0.15) is 109 Å². The molecule has 2 saturated carbocycles. The number of alkyl halides is 2. The molecule has 2 atom stereocenters. The number of nitrogens with zero attached hydrogens (tertiary/aromatic N) is 10. The van der Waals surface area contributed by atoms with Crippen LogP contribution in [0.25, 0.3) is 67.6 Å². The van der Waals surface area contributed by atoms with E-state index in [0.29, 0.717) is 79.6 Å². The van der Waals surface area contributed by atoms with E-state index in [2.05, 4.69) is 44.1 Å². The molecule has 2 fully saturated rings. The normalized spacial score (nSPS) is 18.9. The lowest BCUT2D eigenvalue weighted by Crippen LogP contribution is -2.27. The summed E-state index contributed by atoms with van der Waals surface area (Å²) in [5.74, 6) is -0.634. The van der Waals surface area contributed by atoms with Crippen molar-refractivity contribution in [1.82, 2.24) is 59.3 Å². The molecule has 0 radical (unpaired) electrons. The van der Waals surface area contributed by atoms with E-state index in [4.69, 9.17) is 52.2 Å². The number of imidazole rings is 2. The van der Waals surface area contributed by atoms with Gasteiger partial charge in [-0.3, -0.25) is 29.0 Å². The summed E-state index contributed by atoms with van der Waals surface area (Å²) in [6.07, 6.45) is 14.5. The van der Waals surface area contributed by atoms with E-state index in [1.165, 1.54) is 62.6 Å². The topological polar surface area (TPSA) is 205 Å². The summed E-state index contributed by atoms with van der Waals surface area (Å²) in [6.45, 7) is 8.11. The van der Waals surface area contributed by atoms with Crippen molar-refractivity contribution in [2.75, 3.05) is 0 Å². The molecular formula is C59H58Cl2F4N12O4. The molecule has 0 saturated heterocycles. The Labute approximate surface area is 472 Å². The molecular weight excluding hydrogens is 1090 g/mol. The van der Waals surface area contributed by atoms with Crippen LogP contribution in [-0.2, 0) is 24.4 Å². The molecule has 12 rings (SSSR count). The second-order valence-corrected chi connectivity index (χ2v) is 22.3. The number of nitrogens with one attached hydrogen (secondary N) is 2. The van der Waals surface area contributed by atoms with Gasteiger partial charge in [-0.1, -0.05) is 117 Å². The largest absolute Gasteiger partial charge is 0.439 e. The number of aromatic nitrogens is 12. The van der Waals surface area contributed by atoms with Gasteiger partial charge in [0, 0.05) is 60.1 Å². The zero-order valence-corrected chi connectivity index (χ0v) is 45.5. The zero-order valence-electron chi connectivity index (χ0n) is 44.0. The van der Waals surface area contributed by atoms with Crippen molar-refractivity contribution in [3.8, 4) is 45.6 Å². The highest BCUT2D eigenvalue weighted by atomic mass is 35.5. The molecule has 0 aliphatic heterocycles. The number of fused-ring (bicyclic) bond motifs is 2. The summed E-state index contributed by atoms with van der Waals surface area (Å²) in [5.41, 5.74) is -0.277. The van der Waals surface area contributed by atoms with Gasteiger partial charge in [0.25, 0.3) is 0 Å². The predicted octanol–water partition coefficient (Wildman–Crippen LogP) is 14.0. The van der Waals surface area contributed by atoms with Crippen LogP contribution in [0.15, 0.2) is 116 Å². The van der Waals surface area contributed by atoms with Crippen LogP contribution < -0.4 is 11.5 Å². The minimum atomic E-state index is -2.27. The minimum Gasteiger partial charge on any atom is -0.323 e. The van der Waals surface area contributed by atoms with Crippen LogP contribution in [0.2, 0.25) is 10.0 Å². The second-order valence-electron chi connectivity index (χ2n) is 21.4. The van der Waals surface area contributed by atoms with E-state index in [1.54, 1.807) is 48.8 Å². The Kier molecular flexibility index (Phi) is 16.0. The fourth-order valence-corrected chi connectivity index (χ4v) is 11.6. The summed E-state index contributed by atoms with van der Waals surface area (Å²) in [6, 6.07) is 18.3. The number of rotatable bonds is 12. The molecule has 22 heteroatoms. The highest BCUT2D eigenvalue weighted by molar-refractivity contribution is 6.31. The Morgan fingerprint density at radius 3 is 1.31 bits per heavy atom. The van der Waals surface area contributed by atoms with Gasteiger partial charge in [-0.25, -0.2) is 47.1 Å². The van der Waals surface area contributed by atoms with E-state index in [-0.39, 0.29) is 65.1 Å². The lowest BCUT2D eigenvalue weighted by Gasteiger charge is -2.29. The number of hydrogen-bond donors (Lipinski definition) is 2. The first-order valence-electron chi connectivity index (χ1n) is 26.5. The van der Waals surface area contributed by atoms with E-state index < -0.39 is 34.5 Å². The number of aromatic amines is 2. The van der Waals surface area contributed by atoms with Gasteiger partial charge in [0.1, 0.15) is 23.0 Å². The number of pyridine rings is 4. The van der Waals surface area contributed by atoms with Gasteiger partial charge in [0.2, 0.25) is 11.6 Å². The van der Waals surface area contributed by atoms with Gasteiger partial charge in [-0.2, -0.15) is 0 Å². The number of H-pyrrole nitrogens is 2. The van der Waals surface area contributed by atoms with Gasteiger partial charge >= 0.3 is 11.5 Å². The third-order valence-corrected chi connectivity index (χ3v) is 15.9. The van der Waals surface area contributed by atoms with Gasteiger partial charge < -0.3 is 9.13 Å². The molecule has 81 heavy (non-hydrogen) atoms. The van der Waals surface area contributed by atoms with Crippen LogP contribution in [0.3, 0.4) is 0 Å². The van der Waals surface area contributed by atoms with E-state index in [9.17, 15) is 18.4 Å². The number of hydrogen-bond acceptors (Lipinski definition) is 12. The quantitative estimate of drug-likeness (QED) is 0.110. The molecule has 8 aromatic heterocycles. The molecule has 16 nitrogen and oxygen atoms in total. The van der Waals surface area contributed by atoms with Crippen LogP contribution in [0.5, 0.6) is 0 Å². The molecule has 10 aromatic rings. The van der Waals surface area contributed by atoms with Crippen molar-refractivity contribution < 1.29 is 26.6 Å². The lowest BCUT2D eigenvalue weighted by atomic mass is 9.83. The minimum absolute atomic E-state index is 0. The highest BCUT2D eigenvalue weighted by Gasteiger charge is 2.40. The van der Waals surface area contributed by atoms with Gasteiger partial charge in [0.15, 0.2) is 23.0 Å². The Hall–Kier alpha value is -7.84. The Bertz CT molecular complexity index is 3760. The third kappa shape index (κ3) is 11.4. The summed E-state index contributed by atoms with van der Waals surface area (Å²) in [4.78, 5) is 56.0. The van der Waals surface area contributed by atoms with Crippen molar-refractivity contribution in [2.45, 2.75) is 111 Å². The van der Waals surface area contributed by atoms with Crippen LogP contribution in [0, 0.1) is 35.3 Å². The number of benzene rings is 2. The Morgan fingerprint density at radius 1 is 0.580 bits per heavy atom. The second kappa shape index (κ2) is 23.0.